The summed E-state index contributed by atoms with van der Waals surface area (Å²) in [6.45, 7) is 4.02. The summed E-state index contributed by atoms with van der Waals surface area (Å²) in [6, 6.07) is 5.65. The molecule has 0 aliphatic carbocycles. The van der Waals surface area contributed by atoms with E-state index in [9.17, 15) is 13.2 Å². The summed E-state index contributed by atoms with van der Waals surface area (Å²) in [6.07, 6.45) is 0.147. The summed E-state index contributed by atoms with van der Waals surface area (Å²) in [5, 5.41) is 0. The van der Waals surface area contributed by atoms with Gasteiger partial charge < -0.3 is 4.90 Å². The van der Waals surface area contributed by atoms with E-state index in [4.69, 9.17) is 16.2 Å². The van der Waals surface area contributed by atoms with E-state index >= 15 is 0 Å². The van der Waals surface area contributed by atoms with E-state index in [0.717, 1.165) is 11.1 Å². The van der Waals surface area contributed by atoms with Gasteiger partial charge in [0.05, 0.1) is 5.75 Å². The SMILES string of the molecule is Cc1cc(C)cc(N(CCCS(=O)(=O)O)C(=O)CCl)c1. The van der Waals surface area contributed by atoms with E-state index in [-0.39, 0.29) is 30.5 Å². The minimum Gasteiger partial charge on any atom is -0.311 e. The van der Waals surface area contributed by atoms with Gasteiger partial charge in [0.25, 0.3) is 10.1 Å². The zero-order chi connectivity index (χ0) is 15.3. The van der Waals surface area contributed by atoms with Crippen LogP contribution in [-0.2, 0) is 14.9 Å². The molecule has 1 aromatic rings. The average molecular weight is 320 g/mol. The lowest BCUT2D eigenvalue weighted by molar-refractivity contribution is -0.116. The molecule has 0 atom stereocenters. The third kappa shape index (κ3) is 5.48. The molecule has 0 radical (unpaired) electrons. The first kappa shape index (κ1) is 16.9. The topological polar surface area (TPSA) is 74.7 Å². The fourth-order valence-corrected chi connectivity index (χ4v) is 2.62. The zero-order valence-electron chi connectivity index (χ0n) is 11.5. The second-order valence-electron chi connectivity index (χ2n) is 4.66. The van der Waals surface area contributed by atoms with Crippen molar-refractivity contribution in [1.29, 1.82) is 0 Å². The molecule has 0 aliphatic heterocycles. The maximum absolute atomic E-state index is 11.9. The van der Waals surface area contributed by atoms with E-state index < -0.39 is 10.1 Å². The molecule has 0 fully saturated rings. The molecule has 0 saturated heterocycles. The number of nitrogens with zero attached hydrogens (tertiary/aromatic N) is 1. The first-order chi connectivity index (χ1) is 9.23. The van der Waals surface area contributed by atoms with Crippen molar-refractivity contribution in [3.05, 3.63) is 29.3 Å². The van der Waals surface area contributed by atoms with Crippen molar-refractivity contribution in [3.63, 3.8) is 0 Å². The maximum atomic E-state index is 11.9. The summed E-state index contributed by atoms with van der Waals surface area (Å²) in [4.78, 5) is 13.3. The average Bonchev–Trinajstić information content (AvgIpc) is 2.31. The van der Waals surface area contributed by atoms with Gasteiger partial charge in [-0.05, 0) is 43.5 Å². The smallest absolute Gasteiger partial charge is 0.264 e. The van der Waals surface area contributed by atoms with Crippen LogP contribution in [0.1, 0.15) is 17.5 Å². The molecule has 0 saturated carbocycles. The van der Waals surface area contributed by atoms with Gasteiger partial charge in [-0.2, -0.15) is 8.42 Å². The summed E-state index contributed by atoms with van der Waals surface area (Å²) >= 11 is 5.59. The van der Waals surface area contributed by atoms with Gasteiger partial charge in [-0.3, -0.25) is 9.35 Å². The summed E-state index contributed by atoms with van der Waals surface area (Å²) in [5.74, 6) is -0.866. The molecule has 112 valence electrons. The van der Waals surface area contributed by atoms with Crippen molar-refractivity contribution in [1.82, 2.24) is 0 Å². The lowest BCUT2D eigenvalue weighted by Gasteiger charge is -2.22. The van der Waals surface area contributed by atoms with Crippen LogP contribution >= 0.6 is 11.6 Å². The van der Waals surface area contributed by atoms with E-state index in [1.165, 1.54) is 4.90 Å². The molecular formula is C13H18ClNO4S. The molecule has 5 nitrogen and oxygen atoms in total. The van der Waals surface area contributed by atoms with Crippen LogP contribution in [-0.4, -0.2) is 37.1 Å². The molecule has 0 unspecified atom stereocenters. The van der Waals surface area contributed by atoms with Crippen LogP contribution in [0.25, 0.3) is 0 Å². The predicted octanol–water partition coefficient (Wildman–Crippen LogP) is 2.15. The van der Waals surface area contributed by atoms with Crippen LogP contribution < -0.4 is 4.90 Å². The van der Waals surface area contributed by atoms with Crippen LogP contribution in [0.5, 0.6) is 0 Å². The number of anilines is 1. The van der Waals surface area contributed by atoms with Gasteiger partial charge in [0, 0.05) is 12.2 Å². The minimum absolute atomic E-state index is 0.147. The van der Waals surface area contributed by atoms with Crippen LogP contribution in [0.15, 0.2) is 18.2 Å². The first-order valence-corrected chi connectivity index (χ1v) is 8.27. The molecule has 1 rings (SSSR count). The Morgan fingerprint density at radius 3 is 2.25 bits per heavy atom. The Balaban J connectivity index is 2.92. The van der Waals surface area contributed by atoms with Gasteiger partial charge >= 0.3 is 0 Å². The van der Waals surface area contributed by atoms with Crippen molar-refractivity contribution in [2.24, 2.45) is 0 Å². The van der Waals surface area contributed by atoms with Crippen molar-refractivity contribution in [3.8, 4) is 0 Å². The van der Waals surface area contributed by atoms with Gasteiger partial charge in [-0.25, -0.2) is 0 Å². The summed E-state index contributed by atoms with van der Waals surface area (Å²) < 4.78 is 30.2. The van der Waals surface area contributed by atoms with E-state index in [1.54, 1.807) is 0 Å². The number of carbonyl (C=O) groups excluding carboxylic acids is 1. The molecule has 0 spiro atoms. The number of aryl methyl sites for hydroxylation is 2. The van der Waals surface area contributed by atoms with Gasteiger partial charge in [0.1, 0.15) is 5.88 Å². The maximum Gasteiger partial charge on any atom is 0.264 e. The van der Waals surface area contributed by atoms with E-state index in [1.807, 2.05) is 32.0 Å². The molecule has 20 heavy (non-hydrogen) atoms. The molecule has 0 bridgehead atoms. The molecule has 1 amide bonds. The number of alkyl halides is 1. The van der Waals surface area contributed by atoms with E-state index in [2.05, 4.69) is 0 Å². The highest BCUT2D eigenvalue weighted by Crippen LogP contribution is 2.19. The third-order valence-corrected chi connectivity index (χ3v) is 3.75. The van der Waals surface area contributed by atoms with E-state index in [0.29, 0.717) is 5.69 Å². The summed E-state index contributed by atoms with van der Waals surface area (Å²) in [7, 11) is -4.02. The number of benzene rings is 1. The number of halogens is 1. The Kier molecular flexibility index (Phi) is 5.98. The number of amides is 1. The normalized spacial score (nSPS) is 11.4. The fourth-order valence-electron chi connectivity index (χ4n) is 1.98. The van der Waals surface area contributed by atoms with Gasteiger partial charge in [-0.15, -0.1) is 11.6 Å². The molecule has 0 heterocycles. The zero-order valence-corrected chi connectivity index (χ0v) is 13.0. The highest BCUT2D eigenvalue weighted by molar-refractivity contribution is 7.85. The number of hydrogen-bond donors (Lipinski definition) is 1. The second-order valence-corrected chi connectivity index (χ2v) is 6.50. The van der Waals surface area contributed by atoms with Crippen molar-refractivity contribution < 1.29 is 17.8 Å². The molecule has 1 aromatic carbocycles. The van der Waals surface area contributed by atoms with Crippen molar-refractivity contribution in [2.75, 3.05) is 23.1 Å². The lowest BCUT2D eigenvalue weighted by atomic mass is 10.1. The highest BCUT2D eigenvalue weighted by atomic mass is 35.5. The number of hydrogen-bond acceptors (Lipinski definition) is 3. The Hall–Kier alpha value is -1.11. The van der Waals surface area contributed by atoms with Gasteiger partial charge in [0.15, 0.2) is 0 Å². The number of rotatable bonds is 6. The third-order valence-electron chi connectivity index (χ3n) is 2.72. The summed E-state index contributed by atoms with van der Waals surface area (Å²) in [5.41, 5.74) is 2.69. The van der Waals surface area contributed by atoms with Crippen LogP contribution in [0.3, 0.4) is 0 Å². The fraction of sp³-hybridized carbons (Fsp3) is 0.462. The van der Waals surface area contributed by atoms with Crippen LogP contribution in [0.2, 0.25) is 0 Å². The quantitative estimate of drug-likeness (QED) is 0.644. The highest BCUT2D eigenvalue weighted by Gasteiger charge is 2.16. The largest absolute Gasteiger partial charge is 0.311 e. The second kappa shape index (κ2) is 7.06. The Morgan fingerprint density at radius 2 is 1.80 bits per heavy atom. The monoisotopic (exact) mass is 319 g/mol. The first-order valence-electron chi connectivity index (χ1n) is 6.13. The molecule has 0 aromatic heterocycles. The Bertz CT molecular complexity index is 566. The van der Waals surface area contributed by atoms with Gasteiger partial charge in [-0.1, -0.05) is 6.07 Å². The molecule has 0 aliphatic rings. The molecule has 7 heteroatoms. The van der Waals surface area contributed by atoms with Crippen LogP contribution in [0.4, 0.5) is 5.69 Å². The van der Waals surface area contributed by atoms with Crippen molar-refractivity contribution >= 4 is 33.3 Å². The van der Waals surface area contributed by atoms with Crippen molar-refractivity contribution in [2.45, 2.75) is 20.3 Å². The minimum atomic E-state index is -4.02. The molecule has 1 N–H and O–H groups in total. The van der Waals surface area contributed by atoms with Gasteiger partial charge in [0.2, 0.25) is 5.91 Å². The Labute approximate surface area is 124 Å². The standard InChI is InChI=1S/C13H18ClNO4S/c1-10-6-11(2)8-12(7-10)15(13(16)9-14)4-3-5-20(17,18)19/h6-8H,3-5,9H2,1-2H3,(H,17,18,19). The Morgan fingerprint density at radius 1 is 1.25 bits per heavy atom. The molecular weight excluding hydrogens is 302 g/mol. The van der Waals surface area contributed by atoms with Crippen LogP contribution in [0, 0.1) is 13.8 Å². The lowest BCUT2D eigenvalue weighted by Crippen LogP contribution is -2.33. The number of carbonyl (C=O) groups is 1. The predicted molar refractivity (Wildman–Crippen MR) is 80.0 cm³/mol.